The van der Waals surface area contributed by atoms with Crippen molar-refractivity contribution in [3.05, 3.63) is 36.4 Å². The topological polar surface area (TPSA) is 45.2 Å². The number of nitrogens with one attached hydrogen (secondary N) is 1. The maximum Gasteiger partial charge on any atom is 0.223 e. The van der Waals surface area contributed by atoms with Crippen molar-refractivity contribution in [3.63, 3.8) is 0 Å². The molecule has 1 aromatic carbocycles. The van der Waals surface area contributed by atoms with Crippen LogP contribution in [0.3, 0.4) is 0 Å². The second-order valence-electron chi connectivity index (χ2n) is 7.47. The molecule has 132 valence electrons. The number of hydrogen-bond donors (Lipinski definition) is 1. The molecule has 0 unspecified atom stereocenters. The van der Waals surface area contributed by atoms with Crippen molar-refractivity contribution in [1.29, 1.82) is 0 Å². The Labute approximate surface area is 149 Å². The lowest BCUT2D eigenvalue weighted by Crippen LogP contribution is -2.46. The Bertz CT molecular complexity index is 731. The predicted octanol–water partition coefficient (Wildman–Crippen LogP) is 3.90. The largest absolute Gasteiger partial charge is 0.356 e. The second kappa shape index (κ2) is 7.42. The molecule has 0 bridgehead atoms. The molecule has 25 heavy (non-hydrogen) atoms. The van der Waals surface area contributed by atoms with Crippen LogP contribution in [-0.4, -0.2) is 30.0 Å². The maximum absolute atomic E-state index is 12.4. The first kappa shape index (κ1) is 16.4. The van der Waals surface area contributed by atoms with Gasteiger partial charge < -0.3 is 10.2 Å². The number of carbonyl (C=O) groups is 1. The van der Waals surface area contributed by atoms with Gasteiger partial charge in [0.2, 0.25) is 5.91 Å². The third-order valence-corrected chi connectivity index (χ3v) is 5.73. The lowest BCUT2D eigenvalue weighted by Gasteiger charge is -2.34. The van der Waals surface area contributed by atoms with Crippen LogP contribution < -0.4 is 10.2 Å². The first-order valence-corrected chi connectivity index (χ1v) is 9.71. The van der Waals surface area contributed by atoms with Crippen LogP contribution in [0.25, 0.3) is 10.9 Å². The Morgan fingerprint density at radius 1 is 0.960 bits per heavy atom. The SMILES string of the molecule is O=C(NC1CCN(c2ccc3ccccc3n2)CC1)C1CCCCC1. The van der Waals surface area contributed by atoms with Gasteiger partial charge in [-0.3, -0.25) is 4.79 Å². The molecule has 1 amide bonds. The minimum Gasteiger partial charge on any atom is -0.356 e. The van der Waals surface area contributed by atoms with Gasteiger partial charge in [0.05, 0.1) is 5.52 Å². The van der Waals surface area contributed by atoms with E-state index < -0.39 is 0 Å². The molecule has 1 N–H and O–H groups in total. The van der Waals surface area contributed by atoms with Crippen molar-refractivity contribution in [1.82, 2.24) is 10.3 Å². The Balaban J connectivity index is 1.33. The summed E-state index contributed by atoms with van der Waals surface area (Å²) in [6.07, 6.45) is 7.88. The van der Waals surface area contributed by atoms with Crippen molar-refractivity contribution in [2.45, 2.75) is 51.0 Å². The van der Waals surface area contributed by atoms with Crippen LogP contribution in [0.4, 0.5) is 5.82 Å². The highest BCUT2D eigenvalue weighted by Gasteiger charge is 2.26. The van der Waals surface area contributed by atoms with Gasteiger partial charge >= 0.3 is 0 Å². The van der Waals surface area contributed by atoms with Crippen LogP contribution in [0.2, 0.25) is 0 Å². The Morgan fingerprint density at radius 3 is 2.52 bits per heavy atom. The fourth-order valence-electron chi connectivity index (χ4n) is 4.17. The van der Waals surface area contributed by atoms with Gasteiger partial charge in [-0.15, -0.1) is 0 Å². The molecule has 2 fully saturated rings. The van der Waals surface area contributed by atoms with Gasteiger partial charge in [0.1, 0.15) is 5.82 Å². The maximum atomic E-state index is 12.4. The van der Waals surface area contributed by atoms with E-state index in [4.69, 9.17) is 4.98 Å². The number of amides is 1. The molecule has 4 heteroatoms. The summed E-state index contributed by atoms with van der Waals surface area (Å²) >= 11 is 0. The van der Waals surface area contributed by atoms with Gasteiger partial charge in [-0.05, 0) is 43.9 Å². The van der Waals surface area contributed by atoms with Crippen molar-refractivity contribution in [3.8, 4) is 0 Å². The van der Waals surface area contributed by atoms with E-state index in [1.165, 1.54) is 24.6 Å². The van der Waals surface area contributed by atoms with Gasteiger partial charge in [-0.25, -0.2) is 4.98 Å². The number of aromatic nitrogens is 1. The highest BCUT2D eigenvalue weighted by molar-refractivity contribution is 5.80. The molecule has 0 atom stereocenters. The van der Waals surface area contributed by atoms with Gasteiger partial charge in [0.25, 0.3) is 0 Å². The van der Waals surface area contributed by atoms with Crippen molar-refractivity contribution >= 4 is 22.6 Å². The van der Waals surface area contributed by atoms with E-state index in [0.717, 1.165) is 50.1 Å². The summed E-state index contributed by atoms with van der Waals surface area (Å²) in [5, 5.41) is 4.49. The number of para-hydroxylation sites is 1. The third kappa shape index (κ3) is 3.78. The van der Waals surface area contributed by atoms with Gasteiger partial charge in [-0.2, -0.15) is 0 Å². The van der Waals surface area contributed by atoms with E-state index in [2.05, 4.69) is 34.5 Å². The number of nitrogens with zero attached hydrogens (tertiary/aromatic N) is 2. The van der Waals surface area contributed by atoms with Crippen LogP contribution >= 0.6 is 0 Å². The van der Waals surface area contributed by atoms with E-state index >= 15 is 0 Å². The highest BCUT2D eigenvalue weighted by Crippen LogP contribution is 2.25. The smallest absolute Gasteiger partial charge is 0.223 e. The first-order chi connectivity index (χ1) is 12.3. The average Bonchev–Trinajstić information content (AvgIpc) is 2.69. The molecule has 0 radical (unpaired) electrons. The first-order valence-electron chi connectivity index (χ1n) is 9.71. The molecule has 1 aliphatic carbocycles. The standard InChI is InChI=1S/C21H27N3O/c25-21(17-7-2-1-3-8-17)22-18-12-14-24(15-13-18)20-11-10-16-6-4-5-9-19(16)23-20/h4-6,9-11,17-18H,1-3,7-8,12-15H2,(H,22,25). The third-order valence-electron chi connectivity index (χ3n) is 5.73. The summed E-state index contributed by atoms with van der Waals surface area (Å²) in [5.41, 5.74) is 1.05. The zero-order valence-corrected chi connectivity index (χ0v) is 14.8. The zero-order chi connectivity index (χ0) is 17.1. The number of benzene rings is 1. The highest BCUT2D eigenvalue weighted by atomic mass is 16.1. The summed E-state index contributed by atoms with van der Waals surface area (Å²) < 4.78 is 0. The lowest BCUT2D eigenvalue weighted by atomic mass is 9.88. The molecule has 1 saturated carbocycles. The van der Waals surface area contributed by atoms with Gasteiger partial charge in [0, 0.05) is 30.4 Å². The van der Waals surface area contributed by atoms with E-state index in [0.29, 0.717) is 11.9 Å². The number of rotatable bonds is 3. The van der Waals surface area contributed by atoms with Crippen LogP contribution in [0.15, 0.2) is 36.4 Å². The summed E-state index contributed by atoms with van der Waals surface area (Å²) in [4.78, 5) is 19.6. The molecule has 4 nitrogen and oxygen atoms in total. The number of carbonyl (C=O) groups excluding carboxylic acids is 1. The molecule has 0 spiro atoms. The number of pyridine rings is 1. The van der Waals surface area contributed by atoms with E-state index in [1.54, 1.807) is 0 Å². The molecule has 1 aliphatic heterocycles. The summed E-state index contributed by atoms with van der Waals surface area (Å²) in [7, 11) is 0. The number of anilines is 1. The number of fused-ring (bicyclic) bond motifs is 1. The average molecular weight is 337 g/mol. The quantitative estimate of drug-likeness (QED) is 0.924. The Hall–Kier alpha value is -2.10. The van der Waals surface area contributed by atoms with Crippen LogP contribution in [0.5, 0.6) is 0 Å². The minimum atomic E-state index is 0.258. The Morgan fingerprint density at radius 2 is 1.72 bits per heavy atom. The van der Waals surface area contributed by atoms with E-state index in [1.807, 2.05) is 12.1 Å². The lowest BCUT2D eigenvalue weighted by molar-refractivity contribution is -0.126. The molecule has 4 rings (SSSR count). The molecule has 2 heterocycles. The molecule has 1 saturated heterocycles. The van der Waals surface area contributed by atoms with E-state index in [9.17, 15) is 4.79 Å². The van der Waals surface area contributed by atoms with Crippen molar-refractivity contribution < 1.29 is 4.79 Å². The summed E-state index contributed by atoms with van der Waals surface area (Å²) in [5.74, 6) is 1.60. The summed E-state index contributed by atoms with van der Waals surface area (Å²) in [6, 6.07) is 12.8. The fraction of sp³-hybridized carbons (Fsp3) is 0.524. The van der Waals surface area contributed by atoms with Crippen molar-refractivity contribution in [2.24, 2.45) is 5.92 Å². The minimum absolute atomic E-state index is 0.258. The number of piperidine rings is 1. The van der Waals surface area contributed by atoms with Crippen LogP contribution in [-0.2, 0) is 4.79 Å². The zero-order valence-electron chi connectivity index (χ0n) is 14.8. The molecule has 2 aromatic rings. The number of hydrogen-bond acceptors (Lipinski definition) is 3. The van der Waals surface area contributed by atoms with Gasteiger partial charge in [0.15, 0.2) is 0 Å². The normalized spacial score (nSPS) is 19.9. The molecular weight excluding hydrogens is 310 g/mol. The predicted molar refractivity (Wildman–Crippen MR) is 102 cm³/mol. The van der Waals surface area contributed by atoms with Crippen LogP contribution in [0.1, 0.15) is 44.9 Å². The second-order valence-corrected chi connectivity index (χ2v) is 7.47. The van der Waals surface area contributed by atoms with E-state index in [-0.39, 0.29) is 5.92 Å². The fourth-order valence-corrected chi connectivity index (χ4v) is 4.17. The van der Waals surface area contributed by atoms with Crippen molar-refractivity contribution in [2.75, 3.05) is 18.0 Å². The molecule has 2 aliphatic rings. The summed E-state index contributed by atoms with van der Waals surface area (Å²) in [6.45, 7) is 1.92. The molecule has 1 aromatic heterocycles. The molecular formula is C21H27N3O. The van der Waals surface area contributed by atoms with Gasteiger partial charge in [-0.1, -0.05) is 37.5 Å². The monoisotopic (exact) mass is 337 g/mol. The van der Waals surface area contributed by atoms with Crippen LogP contribution in [0, 0.1) is 5.92 Å². The Kier molecular flexibility index (Phi) is 4.86.